The van der Waals surface area contributed by atoms with E-state index in [0.29, 0.717) is 13.0 Å². The Morgan fingerprint density at radius 1 is 1.42 bits per heavy atom. The van der Waals surface area contributed by atoms with Gasteiger partial charge in [-0.1, -0.05) is 31.1 Å². The zero-order chi connectivity index (χ0) is 17.4. The van der Waals surface area contributed by atoms with E-state index in [1.807, 2.05) is 39.0 Å². The second-order valence-corrected chi connectivity index (χ2v) is 7.37. The molecule has 0 spiro atoms. The van der Waals surface area contributed by atoms with E-state index in [0.717, 1.165) is 29.0 Å². The highest BCUT2D eigenvalue weighted by molar-refractivity contribution is 5.96. The van der Waals surface area contributed by atoms with E-state index >= 15 is 0 Å². The van der Waals surface area contributed by atoms with Crippen molar-refractivity contribution < 1.29 is 19.2 Å². The summed E-state index contributed by atoms with van der Waals surface area (Å²) in [6.07, 6.45) is 2.80. The van der Waals surface area contributed by atoms with Gasteiger partial charge in [0.2, 0.25) is 5.60 Å². The van der Waals surface area contributed by atoms with Crippen LogP contribution in [0.3, 0.4) is 0 Å². The second-order valence-electron chi connectivity index (χ2n) is 7.37. The SMILES string of the molecule is CC(C)(C)C1=NOC(C)(C(=O)O/N=C/c2ccc3c(c2)CCO3)C1. The summed E-state index contributed by atoms with van der Waals surface area (Å²) in [7, 11) is 0. The summed E-state index contributed by atoms with van der Waals surface area (Å²) >= 11 is 0. The summed E-state index contributed by atoms with van der Waals surface area (Å²) < 4.78 is 5.46. The molecule has 2 aliphatic rings. The Morgan fingerprint density at radius 3 is 2.92 bits per heavy atom. The first-order valence-electron chi connectivity index (χ1n) is 8.04. The van der Waals surface area contributed by atoms with E-state index in [9.17, 15) is 4.79 Å². The van der Waals surface area contributed by atoms with Crippen molar-refractivity contribution in [2.24, 2.45) is 15.7 Å². The lowest BCUT2D eigenvalue weighted by Gasteiger charge is -2.20. The normalized spacial score (nSPS) is 22.8. The Bertz CT molecular complexity index is 718. The Hall–Kier alpha value is -2.37. The highest BCUT2D eigenvalue weighted by Gasteiger charge is 2.46. The minimum atomic E-state index is -1.12. The lowest BCUT2D eigenvalue weighted by Crippen LogP contribution is -2.37. The average Bonchev–Trinajstić information content (AvgIpc) is 3.13. The second kappa shape index (κ2) is 5.92. The number of hydrogen-bond donors (Lipinski definition) is 0. The number of oxime groups is 2. The fourth-order valence-electron chi connectivity index (χ4n) is 2.57. The number of nitrogens with zero attached hydrogens (tertiary/aromatic N) is 2. The number of fused-ring (bicyclic) bond motifs is 1. The minimum absolute atomic E-state index is 0.145. The summed E-state index contributed by atoms with van der Waals surface area (Å²) in [5.41, 5.74) is 1.57. The fourth-order valence-corrected chi connectivity index (χ4v) is 2.57. The molecule has 6 nitrogen and oxygen atoms in total. The molecule has 6 heteroatoms. The highest BCUT2D eigenvalue weighted by Crippen LogP contribution is 2.32. The van der Waals surface area contributed by atoms with E-state index in [2.05, 4.69) is 10.3 Å². The van der Waals surface area contributed by atoms with Crippen molar-refractivity contribution in [3.63, 3.8) is 0 Å². The molecular formula is C18H22N2O4. The molecule has 128 valence electrons. The van der Waals surface area contributed by atoms with Crippen molar-refractivity contribution >= 4 is 17.9 Å². The molecule has 1 atom stereocenters. The van der Waals surface area contributed by atoms with Crippen molar-refractivity contribution in [3.8, 4) is 5.75 Å². The van der Waals surface area contributed by atoms with Gasteiger partial charge in [-0.2, -0.15) is 0 Å². The zero-order valence-electron chi connectivity index (χ0n) is 14.5. The monoisotopic (exact) mass is 330 g/mol. The smallest absolute Gasteiger partial charge is 0.381 e. The molecule has 0 bridgehead atoms. The zero-order valence-corrected chi connectivity index (χ0v) is 14.5. The van der Waals surface area contributed by atoms with Gasteiger partial charge < -0.3 is 14.4 Å². The lowest BCUT2D eigenvalue weighted by atomic mass is 9.84. The number of ether oxygens (including phenoxy) is 1. The maximum atomic E-state index is 12.3. The molecule has 1 unspecified atom stereocenters. The number of carbonyl (C=O) groups excluding carboxylic acids is 1. The maximum Gasteiger partial charge on any atom is 0.381 e. The van der Waals surface area contributed by atoms with Crippen LogP contribution < -0.4 is 4.74 Å². The van der Waals surface area contributed by atoms with Gasteiger partial charge >= 0.3 is 5.97 Å². The molecule has 1 aromatic rings. The summed E-state index contributed by atoms with van der Waals surface area (Å²) in [6, 6.07) is 5.75. The Kier molecular flexibility index (Phi) is 4.07. The van der Waals surface area contributed by atoms with E-state index in [4.69, 9.17) is 14.4 Å². The van der Waals surface area contributed by atoms with E-state index in [-0.39, 0.29) is 5.41 Å². The van der Waals surface area contributed by atoms with Crippen molar-refractivity contribution in [2.75, 3.05) is 6.61 Å². The molecule has 0 fully saturated rings. The number of rotatable bonds is 3. The average molecular weight is 330 g/mol. The molecule has 1 aromatic carbocycles. The molecule has 0 amide bonds. The molecule has 2 aliphatic heterocycles. The topological polar surface area (TPSA) is 69.5 Å². The van der Waals surface area contributed by atoms with Crippen LogP contribution in [0.4, 0.5) is 0 Å². The van der Waals surface area contributed by atoms with Crippen molar-refractivity contribution in [1.29, 1.82) is 0 Å². The Labute approximate surface area is 141 Å². The maximum absolute atomic E-state index is 12.3. The summed E-state index contributed by atoms with van der Waals surface area (Å²) in [5.74, 6) is 0.356. The van der Waals surface area contributed by atoms with Crippen LogP contribution in [-0.4, -0.2) is 30.1 Å². The van der Waals surface area contributed by atoms with Crippen LogP contribution in [0.2, 0.25) is 0 Å². The van der Waals surface area contributed by atoms with Crippen LogP contribution in [0.1, 0.15) is 45.2 Å². The first-order valence-corrected chi connectivity index (χ1v) is 8.04. The minimum Gasteiger partial charge on any atom is -0.493 e. The summed E-state index contributed by atoms with van der Waals surface area (Å²) in [4.78, 5) is 22.6. The standard InChI is InChI=1S/C18H22N2O4/c1-17(2,3)15-10-18(4,24-20-15)16(21)23-19-11-12-5-6-14-13(9-12)7-8-22-14/h5-6,9,11H,7-8,10H2,1-4H3/b19-11+. The van der Waals surface area contributed by atoms with Gasteiger partial charge in [-0.3, -0.25) is 0 Å². The van der Waals surface area contributed by atoms with Crippen LogP contribution in [-0.2, 0) is 20.9 Å². The molecule has 0 aliphatic carbocycles. The molecule has 2 heterocycles. The van der Waals surface area contributed by atoms with Crippen LogP contribution in [0.5, 0.6) is 5.75 Å². The molecule has 0 saturated carbocycles. The molecule has 0 N–H and O–H groups in total. The lowest BCUT2D eigenvalue weighted by molar-refractivity contribution is -0.167. The van der Waals surface area contributed by atoms with Gasteiger partial charge in [0.15, 0.2) is 0 Å². The molecule has 0 saturated heterocycles. The highest BCUT2D eigenvalue weighted by atomic mass is 16.7. The van der Waals surface area contributed by atoms with Crippen molar-refractivity contribution in [1.82, 2.24) is 0 Å². The van der Waals surface area contributed by atoms with Crippen molar-refractivity contribution in [2.45, 2.75) is 46.1 Å². The van der Waals surface area contributed by atoms with Gasteiger partial charge in [-0.05, 0) is 36.2 Å². The number of carbonyl (C=O) groups is 1. The van der Waals surface area contributed by atoms with Gasteiger partial charge in [-0.15, -0.1) is 0 Å². The van der Waals surface area contributed by atoms with E-state index in [1.54, 1.807) is 6.92 Å². The predicted octanol–water partition coefficient (Wildman–Crippen LogP) is 3.08. The first-order chi connectivity index (χ1) is 11.3. The Balaban J connectivity index is 1.60. The first kappa shape index (κ1) is 16.5. The van der Waals surface area contributed by atoms with Gasteiger partial charge in [-0.25, -0.2) is 4.79 Å². The van der Waals surface area contributed by atoms with Crippen LogP contribution >= 0.6 is 0 Å². The quantitative estimate of drug-likeness (QED) is 0.485. The molecular weight excluding hydrogens is 308 g/mol. The third-order valence-electron chi connectivity index (χ3n) is 4.21. The van der Waals surface area contributed by atoms with E-state index < -0.39 is 11.6 Å². The molecule has 0 radical (unpaired) electrons. The van der Waals surface area contributed by atoms with Gasteiger partial charge in [0.25, 0.3) is 0 Å². The largest absolute Gasteiger partial charge is 0.493 e. The summed E-state index contributed by atoms with van der Waals surface area (Å²) in [6.45, 7) is 8.46. The van der Waals surface area contributed by atoms with Crippen LogP contribution in [0, 0.1) is 5.41 Å². The van der Waals surface area contributed by atoms with Crippen LogP contribution in [0.15, 0.2) is 28.5 Å². The van der Waals surface area contributed by atoms with E-state index in [1.165, 1.54) is 6.21 Å². The Morgan fingerprint density at radius 2 is 2.21 bits per heavy atom. The number of hydrogen-bond acceptors (Lipinski definition) is 6. The fraction of sp³-hybridized carbons (Fsp3) is 0.500. The molecule has 0 aromatic heterocycles. The predicted molar refractivity (Wildman–Crippen MR) is 90.3 cm³/mol. The van der Waals surface area contributed by atoms with Gasteiger partial charge in [0, 0.05) is 18.3 Å². The van der Waals surface area contributed by atoms with Crippen molar-refractivity contribution in [3.05, 3.63) is 29.3 Å². The third kappa shape index (κ3) is 3.27. The third-order valence-corrected chi connectivity index (χ3v) is 4.21. The molecule has 24 heavy (non-hydrogen) atoms. The van der Waals surface area contributed by atoms with Crippen LogP contribution in [0.25, 0.3) is 0 Å². The molecule has 3 rings (SSSR count). The number of benzene rings is 1. The van der Waals surface area contributed by atoms with Gasteiger partial charge in [0.05, 0.1) is 18.5 Å². The summed E-state index contributed by atoms with van der Waals surface area (Å²) in [5, 5.41) is 7.83. The van der Waals surface area contributed by atoms with Gasteiger partial charge in [0.1, 0.15) is 5.75 Å².